The second-order valence-corrected chi connectivity index (χ2v) is 5.73. The van der Waals surface area contributed by atoms with Crippen molar-refractivity contribution in [3.8, 4) is 0 Å². The predicted molar refractivity (Wildman–Crippen MR) is 76.4 cm³/mol. The number of anilines is 1. The molecule has 0 atom stereocenters. The lowest BCUT2D eigenvalue weighted by atomic mass is 9.86. The number of rotatable bonds is 4. The molecule has 110 valence electrons. The second-order valence-electron chi connectivity index (χ2n) is 4.85. The fraction of sp³-hybridized carbons (Fsp3) is 0.615. The molecule has 0 aliphatic heterocycles. The summed E-state index contributed by atoms with van der Waals surface area (Å²) in [5.41, 5.74) is 5.87. The normalized spacial score (nSPS) is 22.2. The molecule has 6 nitrogen and oxygen atoms in total. The summed E-state index contributed by atoms with van der Waals surface area (Å²) < 4.78 is 5.02. The Kier molecular flexibility index (Phi) is 4.94. The van der Waals surface area contributed by atoms with Crippen LogP contribution in [0.2, 0.25) is 0 Å². The summed E-state index contributed by atoms with van der Waals surface area (Å²) in [5.74, 6) is -0.347. The smallest absolute Gasteiger partial charge is 0.308 e. The van der Waals surface area contributed by atoms with E-state index >= 15 is 0 Å². The molecule has 1 amide bonds. The number of esters is 1. The van der Waals surface area contributed by atoms with Crippen LogP contribution in [0.5, 0.6) is 0 Å². The number of ether oxygens (including phenoxy) is 1. The highest BCUT2D eigenvalue weighted by atomic mass is 32.1. The van der Waals surface area contributed by atoms with Crippen molar-refractivity contribution in [3.05, 3.63) is 11.1 Å². The molecule has 1 heterocycles. The number of thiazole rings is 1. The van der Waals surface area contributed by atoms with Crippen molar-refractivity contribution >= 4 is 28.3 Å². The van der Waals surface area contributed by atoms with Crippen LogP contribution in [0.25, 0.3) is 0 Å². The molecule has 1 aliphatic rings. The summed E-state index contributed by atoms with van der Waals surface area (Å²) in [4.78, 5) is 27.5. The van der Waals surface area contributed by atoms with E-state index < -0.39 is 0 Å². The Labute approximate surface area is 121 Å². The Morgan fingerprint density at radius 1 is 1.45 bits per heavy atom. The first-order chi connectivity index (χ1) is 9.60. The lowest BCUT2D eigenvalue weighted by Crippen LogP contribution is -2.39. The van der Waals surface area contributed by atoms with Crippen LogP contribution >= 0.6 is 11.3 Å². The van der Waals surface area contributed by atoms with E-state index in [1.807, 2.05) is 6.92 Å². The van der Waals surface area contributed by atoms with Gasteiger partial charge < -0.3 is 15.8 Å². The molecule has 0 radical (unpaired) electrons. The topological polar surface area (TPSA) is 94.3 Å². The van der Waals surface area contributed by atoms with Gasteiger partial charge in [-0.25, -0.2) is 4.98 Å². The summed E-state index contributed by atoms with van der Waals surface area (Å²) in [5, 5.41) is 4.98. The quantitative estimate of drug-likeness (QED) is 0.823. The lowest BCUT2D eigenvalue weighted by Gasteiger charge is -2.27. The number of nitrogens with zero attached hydrogens (tertiary/aromatic N) is 1. The van der Waals surface area contributed by atoms with Crippen LogP contribution in [0.1, 0.15) is 43.1 Å². The SMILES string of the molecule is CCOC(=O)C1CCC(NC(=O)c2csc(N)n2)CC1. The van der Waals surface area contributed by atoms with Gasteiger partial charge in [-0.1, -0.05) is 0 Å². The summed E-state index contributed by atoms with van der Waals surface area (Å²) in [6.45, 7) is 2.23. The minimum atomic E-state index is -0.197. The minimum absolute atomic E-state index is 0.0296. The molecule has 1 fully saturated rings. The maximum Gasteiger partial charge on any atom is 0.308 e. The number of nitrogen functional groups attached to an aromatic ring is 1. The Morgan fingerprint density at radius 2 is 2.15 bits per heavy atom. The predicted octanol–water partition coefficient (Wildman–Crippen LogP) is 1.58. The van der Waals surface area contributed by atoms with Gasteiger partial charge in [0, 0.05) is 11.4 Å². The molecular weight excluding hydrogens is 278 g/mol. The van der Waals surface area contributed by atoms with Crippen molar-refractivity contribution in [2.75, 3.05) is 12.3 Å². The lowest BCUT2D eigenvalue weighted by molar-refractivity contribution is -0.149. The van der Waals surface area contributed by atoms with Crippen molar-refractivity contribution in [2.45, 2.75) is 38.6 Å². The highest BCUT2D eigenvalue weighted by molar-refractivity contribution is 7.13. The van der Waals surface area contributed by atoms with Gasteiger partial charge in [-0.2, -0.15) is 0 Å². The standard InChI is InChI=1S/C13H19N3O3S/c1-2-19-12(18)8-3-5-9(6-4-8)15-11(17)10-7-20-13(14)16-10/h7-9H,2-6H2,1H3,(H2,14,16)(H,15,17). The van der Waals surface area contributed by atoms with Crippen molar-refractivity contribution in [1.82, 2.24) is 10.3 Å². The van der Waals surface area contributed by atoms with Gasteiger partial charge >= 0.3 is 5.97 Å². The summed E-state index contributed by atoms with van der Waals surface area (Å²) in [7, 11) is 0. The fourth-order valence-corrected chi connectivity index (χ4v) is 2.93. The van der Waals surface area contributed by atoms with Crippen LogP contribution in [0.15, 0.2) is 5.38 Å². The van der Waals surface area contributed by atoms with Crippen LogP contribution in [-0.4, -0.2) is 29.5 Å². The molecule has 7 heteroatoms. The van der Waals surface area contributed by atoms with Crippen molar-refractivity contribution in [3.63, 3.8) is 0 Å². The molecule has 0 aromatic carbocycles. The molecule has 1 aromatic rings. The number of nitrogens with one attached hydrogen (secondary N) is 1. The van der Waals surface area contributed by atoms with Gasteiger partial charge in [0.25, 0.3) is 5.91 Å². The molecule has 1 aliphatic carbocycles. The molecule has 1 saturated carbocycles. The van der Waals surface area contributed by atoms with Crippen LogP contribution in [0.4, 0.5) is 5.13 Å². The average molecular weight is 297 g/mol. The van der Waals surface area contributed by atoms with Gasteiger partial charge in [0.15, 0.2) is 5.13 Å². The van der Waals surface area contributed by atoms with E-state index in [-0.39, 0.29) is 23.8 Å². The zero-order chi connectivity index (χ0) is 14.5. The van der Waals surface area contributed by atoms with Crippen LogP contribution in [0, 0.1) is 5.92 Å². The van der Waals surface area contributed by atoms with E-state index in [4.69, 9.17) is 10.5 Å². The third-order valence-electron chi connectivity index (χ3n) is 3.44. The summed E-state index contributed by atoms with van der Waals surface area (Å²) >= 11 is 1.25. The second kappa shape index (κ2) is 6.69. The Bertz CT molecular complexity index is 481. The van der Waals surface area contributed by atoms with E-state index in [9.17, 15) is 9.59 Å². The van der Waals surface area contributed by atoms with Crippen LogP contribution < -0.4 is 11.1 Å². The number of carbonyl (C=O) groups excluding carboxylic acids is 2. The van der Waals surface area contributed by atoms with Crippen LogP contribution in [-0.2, 0) is 9.53 Å². The summed E-state index contributed by atoms with van der Waals surface area (Å²) in [6, 6.07) is 0.0936. The Balaban J connectivity index is 1.80. The molecule has 0 unspecified atom stereocenters. The zero-order valence-corrected chi connectivity index (χ0v) is 12.2. The molecule has 0 saturated heterocycles. The molecule has 1 aromatic heterocycles. The van der Waals surface area contributed by atoms with E-state index in [0.717, 1.165) is 25.7 Å². The van der Waals surface area contributed by atoms with E-state index in [1.54, 1.807) is 5.38 Å². The van der Waals surface area contributed by atoms with Gasteiger partial charge in [-0.3, -0.25) is 9.59 Å². The summed E-state index contributed by atoms with van der Waals surface area (Å²) in [6.07, 6.45) is 3.08. The van der Waals surface area contributed by atoms with Gasteiger partial charge in [0.05, 0.1) is 12.5 Å². The number of hydrogen-bond acceptors (Lipinski definition) is 6. The van der Waals surface area contributed by atoms with E-state index in [2.05, 4.69) is 10.3 Å². The molecule has 0 spiro atoms. The number of hydrogen-bond donors (Lipinski definition) is 2. The molecule has 3 N–H and O–H groups in total. The number of amides is 1. The first-order valence-corrected chi connectivity index (χ1v) is 7.66. The number of aromatic nitrogens is 1. The van der Waals surface area contributed by atoms with Gasteiger partial charge in [-0.15, -0.1) is 11.3 Å². The molecule has 20 heavy (non-hydrogen) atoms. The third kappa shape index (κ3) is 3.69. The monoisotopic (exact) mass is 297 g/mol. The van der Waals surface area contributed by atoms with Gasteiger partial charge in [-0.05, 0) is 32.6 Å². The zero-order valence-electron chi connectivity index (χ0n) is 11.4. The van der Waals surface area contributed by atoms with E-state index in [0.29, 0.717) is 17.4 Å². The Morgan fingerprint density at radius 3 is 2.70 bits per heavy atom. The van der Waals surface area contributed by atoms with Crippen LogP contribution in [0.3, 0.4) is 0 Å². The van der Waals surface area contributed by atoms with Gasteiger partial charge in [0.1, 0.15) is 5.69 Å². The van der Waals surface area contributed by atoms with Crippen molar-refractivity contribution in [1.29, 1.82) is 0 Å². The highest BCUT2D eigenvalue weighted by Gasteiger charge is 2.28. The third-order valence-corrected chi connectivity index (χ3v) is 4.11. The maximum absolute atomic E-state index is 11.9. The maximum atomic E-state index is 11.9. The first kappa shape index (κ1) is 14.8. The fourth-order valence-electron chi connectivity index (χ4n) is 2.38. The number of nitrogens with two attached hydrogens (primary N) is 1. The number of carbonyl (C=O) groups is 2. The van der Waals surface area contributed by atoms with E-state index in [1.165, 1.54) is 11.3 Å². The first-order valence-electron chi connectivity index (χ1n) is 6.78. The minimum Gasteiger partial charge on any atom is -0.466 e. The van der Waals surface area contributed by atoms with Crippen molar-refractivity contribution < 1.29 is 14.3 Å². The van der Waals surface area contributed by atoms with Gasteiger partial charge in [0.2, 0.25) is 0 Å². The largest absolute Gasteiger partial charge is 0.466 e. The van der Waals surface area contributed by atoms with Crippen molar-refractivity contribution in [2.24, 2.45) is 5.92 Å². The molecule has 2 rings (SSSR count). The highest BCUT2D eigenvalue weighted by Crippen LogP contribution is 2.25. The molecular formula is C13H19N3O3S. The Hall–Kier alpha value is -1.63. The average Bonchev–Trinajstić information content (AvgIpc) is 2.86. The molecule has 0 bridgehead atoms.